The Hall–Kier alpha value is -1.22. The molecule has 0 aliphatic heterocycles. The lowest BCUT2D eigenvalue weighted by atomic mass is 9.47. The molecule has 228 valence electrons. The maximum absolute atomic E-state index is 13.2. The van der Waals surface area contributed by atoms with Crippen molar-refractivity contribution in [2.24, 2.45) is 46.3 Å². The van der Waals surface area contributed by atoms with Crippen molar-refractivity contribution in [3.63, 3.8) is 0 Å². The third kappa shape index (κ3) is 6.51. The molecule has 0 radical (unpaired) electrons. The van der Waals surface area contributed by atoms with E-state index in [4.69, 9.17) is 4.74 Å². The van der Waals surface area contributed by atoms with Gasteiger partial charge in [0.05, 0.1) is 6.61 Å². The van der Waals surface area contributed by atoms with E-state index in [0.717, 1.165) is 72.7 Å². The average Bonchev–Trinajstić information content (AvgIpc) is 3.31. The maximum atomic E-state index is 13.2. The summed E-state index contributed by atoms with van der Waals surface area (Å²) in [6, 6.07) is 7.82. The van der Waals surface area contributed by atoms with Crippen LogP contribution in [0.25, 0.3) is 0 Å². The van der Waals surface area contributed by atoms with E-state index in [0.29, 0.717) is 16.1 Å². The molecule has 41 heavy (non-hydrogen) atoms. The number of hydrogen-bond donors (Lipinski definition) is 0. The predicted octanol–water partition coefficient (Wildman–Crippen LogP) is 11.1. The van der Waals surface area contributed by atoms with Gasteiger partial charge in [-0.15, -0.1) is 0 Å². The molecule has 0 saturated heterocycles. The zero-order valence-corrected chi connectivity index (χ0v) is 27.9. The summed E-state index contributed by atoms with van der Waals surface area (Å²) in [7, 11) is 0. The number of allylic oxidation sites excluding steroid dienone is 2. The molecule has 5 rings (SSSR count). The molecule has 1 aromatic rings. The lowest BCUT2D eigenvalue weighted by molar-refractivity contribution is -0.0497. The Labute approximate surface area is 256 Å². The number of ether oxygens (including phenoxy) is 1. The highest BCUT2D eigenvalue weighted by Crippen LogP contribution is 2.67. The van der Waals surface area contributed by atoms with Crippen LogP contribution in [-0.2, 0) is 0 Å². The Kier molecular flexibility index (Phi) is 10.0. The van der Waals surface area contributed by atoms with Gasteiger partial charge in [0, 0.05) is 10.8 Å². The van der Waals surface area contributed by atoms with E-state index in [1.807, 2.05) is 24.3 Å². The van der Waals surface area contributed by atoms with E-state index in [1.54, 1.807) is 17.3 Å². The van der Waals surface area contributed by atoms with Crippen LogP contribution < -0.4 is 4.74 Å². The SMILES string of the molecule is CCCCOc1ccc(C(=O)S[C@H]2CC[C@@]3(C)C(=CC[C@@H]4[C@H]5CC[C@@H]([C@@H](C)CCCC(C)C)[C@]5(C)CC[C@H]43)C2)cc1. The molecule has 8 atom stereocenters. The van der Waals surface area contributed by atoms with Crippen LogP contribution >= 0.6 is 11.8 Å². The number of thioether (sulfide) groups is 1. The number of carbonyl (C=O) groups is 1. The Morgan fingerprint density at radius 3 is 2.49 bits per heavy atom. The van der Waals surface area contributed by atoms with Crippen molar-refractivity contribution >= 4 is 16.9 Å². The van der Waals surface area contributed by atoms with E-state index < -0.39 is 0 Å². The summed E-state index contributed by atoms with van der Waals surface area (Å²) in [5.41, 5.74) is 3.40. The third-order valence-electron chi connectivity index (χ3n) is 12.4. The largest absolute Gasteiger partial charge is 0.494 e. The molecule has 0 amide bonds. The van der Waals surface area contributed by atoms with Gasteiger partial charge in [-0.1, -0.05) is 90.6 Å². The van der Waals surface area contributed by atoms with Crippen molar-refractivity contribution in [3.05, 3.63) is 41.5 Å². The van der Waals surface area contributed by atoms with Crippen molar-refractivity contribution in [1.29, 1.82) is 0 Å². The van der Waals surface area contributed by atoms with Crippen molar-refractivity contribution < 1.29 is 9.53 Å². The standard InChI is InChI=1S/C38H58O2S/c1-7-8-24-40-30-15-12-28(13-16-30)36(39)41-31-20-22-37(5)29(25-31)14-17-32-34-19-18-33(27(4)11-9-10-26(2)3)38(34,6)23-21-35(32)37/h12-16,26-27,31-35H,7-11,17-25H2,1-6H3/t27-,31-,32+,33-,34+,35+,37-,38-/m0/s1. The molecule has 1 aromatic carbocycles. The third-order valence-corrected chi connectivity index (χ3v) is 13.6. The summed E-state index contributed by atoms with van der Waals surface area (Å²) < 4.78 is 5.79. The second kappa shape index (κ2) is 13.2. The van der Waals surface area contributed by atoms with Crippen LogP contribution in [-0.4, -0.2) is 17.0 Å². The molecule has 0 heterocycles. The van der Waals surface area contributed by atoms with E-state index in [-0.39, 0.29) is 5.12 Å². The minimum absolute atomic E-state index is 0.223. The van der Waals surface area contributed by atoms with Crippen LogP contribution in [0.4, 0.5) is 0 Å². The molecule has 0 N–H and O–H groups in total. The molecule has 2 nitrogen and oxygen atoms in total. The Morgan fingerprint density at radius 2 is 1.76 bits per heavy atom. The minimum atomic E-state index is 0.223. The van der Waals surface area contributed by atoms with Crippen LogP contribution in [0.1, 0.15) is 135 Å². The molecular weight excluding hydrogens is 520 g/mol. The fraction of sp³-hybridized carbons (Fsp3) is 0.763. The van der Waals surface area contributed by atoms with E-state index >= 15 is 0 Å². The van der Waals surface area contributed by atoms with Gasteiger partial charge in [0.15, 0.2) is 0 Å². The van der Waals surface area contributed by atoms with Gasteiger partial charge in [0.1, 0.15) is 5.75 Å². The maximum Gasteiger partial charge on any atom is 0.219 e. The van der Waals surface area contributed by atoms with Crippen LogP contribution in [0.3, 0.4) is 0 Å². The number of fused-ring (bicyclic) bond motifs is 5. The first-order chi connectivity index (χ1) is 19.7. The Morgan fingerprint density at radius 1 is 0.976 bits per heavy atom. The Bertz CT molecular complexity index is 1060. The van der Waals surface area contributed by atoms with Crippen molar-refractivity contribution in [1.82, 2.24) is 0 Å². The molecule has 4 aliphatic carbocycles. The second-order valence-electron chi connectivity index (χ2n) is 15.3. The Balaban J connectivity index is 1.19. The summed E-state index contributed by atoms with van der Waals surface area (Å²) >= 11 is 1.59. The van der Waals surface area contributed by atoms with Crippen molar-refractivity contribution in [2.75, 3.05) is 6.61 Å². The molecule has 0 bridgehead atoms. The molecule has 3 fully saturated rings. The van der Waals surface area contributed by atoms with Gasteiger partial charge in [-0.05, 0) is 128 Å². The van der Waals surface area contributed by atoms with E-state index in [2.05, 4.69) is 47.6 Å². The van der Waals surface area contributed by atoms with E-state index in [9.17, 15) is 4.79 Å². The highest BCUT2D eigenvalue weighted by atomic mass is 32.2. The first-order valence-electron chi connectivity index (χ1n) is 17.3. The second-order valence-corrected chi connectivity index (χ2v) is 16.6. The molecule has 0 aromatic heterocycles. The lowest BCUT2D eigenvalue weighted by Crippen LogP contribution is -2.50. The topological polar surface area (TPSA) is 26.3 Å². The molecule has 3 saturated carbocycles. The summed E-state index contributed by atoms with van der Waals surface area (Å²) in [4.78, 5) is 13.2. The summed E-state index contributed by atoms with van der Waals surface area (Å²) in [5, 5.41) is 0.635. The quantitative estimate of drug-likeness (QED) is 0.193. The van der Waals surface area contributed by atoms with Gasteiger partial charge in [0.25, 0.3) is 0 Å². The molecule has 4 aliphatic rings. The first-order valence-corrected chi connectivity index (χ1v) is 18.2. The highest BCUT2D eigenvalue weighted by Gasteiger charge is 2.59. The molecule has 0 spiro atoms. The number of carbonyl (C=O) groups excluding carboxylic acids is 1. The smallest absolute Gasteiger partial charge is 0.219 e. The number of rotatable bonds is 11. The molecule has 3 heteroatoms. The zero-order valence-electron chi connectivity index (χ0n) is 27.1. The fourth-order valence-corrected chi connectivity index (χ4v) is 11.1. The van der Waals surface area contributed by atoms with Crippen LogP contribution in [0.5, 0.6) is 5.75 Å². The van der Waals surface area contributed by atoms with Gasteiger partial charge < -0.3 is 4.74 Å². The van der Waals surface area contributed by atoms with Crippen LogP contribution in [0.15, 0.2) is 35.9 Å². The monoisotopic (exact) mass is 578 g/mol. The van der Waals surface area contributed by atoms with Gasteiger partial charge in [0.2, 0.25) is 5.12 Å². The number of benzene rings is 1. The molecule has 0 unspecified atom stereocenters. The summed E-state index contributed by atoms with van der Waals surface area (Å²) in [6.45, 7) is 15.6. The summed E-state index contributed by atoms with van der Waals surface area (Å²) in [6.07, 6.45) is 19.7. The van der Waals surface area contributed by atoms with Gasteiger partial charge in [-0.25, -0.2) is 0 Å². The van der Waals surface area contributed by atoms with Gasteiger partial charge in [-0.2, -0.15) is 0 Å². The minimum Gasteiger partial charge on any atom is -0.494 e. The van der Waals surface area contributed by atoms with E-state index in [1.165, 1.54) is 64.2 Å². The van der Waals surface area contributed by atoms with Crippen molar-refractivity contribution in [2.45, 2.75) is 130 Å². The van der Waals surface area contributed by atoms with Crippen LogP contribution in [0, 0.1) is 46.3 Å². The van der Waals surface area contributed by atoms with Crippen LogP contribution in [0.2, 0.25) is 0 Å². The number of hydrogen-bond acceptors (Lipinski definition) is 3. The fourth-order valence-electron chi connectivity index (χ4n) is 9.99. The predicted molar refractivity (Wildman–Crippen MR) is 176 cm³/mol. The number of unbranched alkanes of at least 4 members (excludes halogenated alkanes) is 1. The van der Waals surface area contributed by atoms with Crippen molar-refractivity contribution in [3.8, 4) is 5.75 Å². The molecular formula is C38H58O2S. The lowest BCUT2D eigenvalue weighted by Gasteiger charge is -2.58. The van der Waals surface area contributed by atoms with Gasteiger partial charge >= 0.3 is 0 Å². The normalized spacial score (nSPS) is 35.3. The van der Waals surface area contributed by atoms with Gasteiger partial charge in [-0.3, -0.25) is 4.79 Å². The average molecular weight is 579 g/mol. The highest BCUT2D eigenvalue weighted by molar-refractivity contribution is 8.14. The first kappa shape index (κ1) is 31.2. The summed E-state index contributed by atoms with van der Waals surface area (Å²) in [5.74, 6) is 6.14. The zero-order chi connectivity index (χ0) is 29.2.